The number of fused-ring (bicyclic) bond motifs is 1. The summed E-state index contributed by atoms with van der Waals surface area (Å²) in [7, 11) is 0. The van der Waals surface area contributed by atoms with Gasteiger partial charge in [-0.1, -0.05) is 0 Å². The van der Waals surface area contributed by atoms with Gasteiger partial charge in [0.2, 0.25) is 0 Å². The second kappa shape index (κ2) is 9.16. The molecule has 186 valence electrons. The van der Waals surface area contributed by atoms with Crippen LogP contribution in [0.1, 0.15) is 61.5 Å². The van der Waals surface area contributed by atoms with Crippen molar-refractivity contribution in [2.75, 3.05) is 30.4 Å². The maximum absolute atomic E-state index is 14.5. The Hall–Kier alpha value is -3.11. The number of nitrogens with two attached hydrogens (primary N) is 1. The summed E-state index contributed by atoms with van der Waals surface area (Å²) in [4.78, 5) is 19.6. The van der Waals surface area contributed by atoms with Gasteiger partial charge in [-0.15, -0.1) is 5.10 Å². The number of ketones is 1. The minimum atomic E-state index is -0.486. The molecule has 0 saturated carbocycles. The van der Waals surface area contributed by atoms with Crippen molar-refractivity contribution in [3.05, 3.63) is 53.2 Å². The Morgan fingerprint density at radius 1 is 1.29 bits per heavy atom. The zero-order chi connectivity index (χ0) is 24.7. The monoisotopic (exact) mass is 485 g/mol. The molecule has 2 aliphatic heterocycles. The molecule has 5 rings (SSSR count). The fourth-order valence-corrected chi connectivity index (χ4v) is 5.05. The zero-order valence-electron chi connectivity index (χ0n) is 19.8. The van der Waals surface area contributed by atoms with E-state index in [1.165, 1.54) is 10.6 Å². The van der Waals surface area contributed by atoms with Gasteiger partial charge >= 0.3 is 0 Å². The normalized spacial score (nSPS) is 21.8. The van der Waals surface area contributed by atoms with E-state index in [-0.39, 0.29) is 41.5 Å². The molecule has 1 aromatic carbocycles. The highest BCUT2D eigenvalue weighted by Gasteiger charge is 2.33. The first-order valence-electron chi connectivity index (χ1n) is 11.9. The van der Waals surface area contributed by atoms with Crippen molar-refractivity contribution < 1.29 is 23.0 Å². The van der Waals surface area contributed by atoms with Crippen LogP contribution in [0.4, 0.5) is 20.4 Å². The van der Waals surface area contributed by atoms with E-state index in [0.717, 1.165) is 31.4 Å². The van der Waals surface area contributed by atoms with E-state index in [4.69, 9.17) is 15.2 Å². The third-order valence-corrected chi connectivity index (χ3v) is 6.73. The average Bonchev–Trinajstić information content (AvgIpc) is 3.51. The van der Waals surface area contributed by atoms with Gasteiger partial charge in [0.1, 0.15) is 29.6 Å². The lowest BCUT2D eigenvalue weighted by atomic mass is 10.0. The average molecular weight is 486 g/mol. The van der Waals surface area contributed by atoms with Crippen molar-refractivity contribution in [2.45, 2.75) is 57.3 Å². The Bertz CT molecular complexity index is 1260. The fraction of sp³-hybridized carbons (Fsp3) is 0.480. The van der Waals surface area contributed by atoms with Crippen LogP contribution in [0.25, 0.3) is 5.65 Å². The van der Waals surface area contributed by atoms with E-state index in [1.807, 2.05) is 18.7 Å². The number of Topliss-reactive ketones (excluding diaryl/α,β-unsaturated/α-hetero) is 1. The molecule has 2 fully saturated rings. The first-order chi connectivity index (χ1) is 16.7. The Kier molecular flexibility index (Phi) is 6.18. The number of benzene rings is 1. The predicted molar refractivity (Wildman–Crippen MR) is 126 cm³/mol. The van der Waals surface area contributed by atoms with Gasteiger partial charge in [-0.2, -0.15) is 0 Å². The van der Waals surface area contributed by atoms with Gasteiger partial charge in [0.15, 0.2) is 17.2 Å². The van der Waals surface area contributed by atoms with Crippen LogP contribution in [0, 0.1) is 11.6 Å². The number of carbonyl (C=O) groups excluding carboxylic acids is 1. The van der Waals surface area contributed by atoms with Crippen molar-refractivity contribution in [3.63, 3.8) is 0 Å². The molecule has 0 spiro atoms. The number of ether oxygens (including phenoxy) is 2. The second-order valence-corrected chi connectivity index (χ2v) is 9.81. The van der Waals surface area contributed by atoms with E-state index >= 15 is 0 Å². The quantitative estimate of drug-likeness (QED) is 0.504. The molecule has 8 nitrogen and oxygen atoms in total. The summed E-state index contributed by atoms with van der Waals surface area (Å²) in [6.07, 6.45) is 4.91. The largest absolute Gasteiger partial charge is 0.382 e. The van der Waals surface area contributed by atoms with E-state index < -0.39 is 11.6 Å². The first-order valence-corrected chi connectivity index (χ1v) is 11.9. The van der Waals surface area contributed by atoms with E-state index in [9.17, 15) is 13.6 Å². The van der Waals surface area contributed by atoms with Crippen LogP contribution in [0.5, 0.6) is 0 Å². The summed E-state index contributed by atoms with van der Waals surface area (Å²) >= 11 is 0. The number of halogens is 2. The Morgan fingerprint density at radius 3 is 2.89 bits per heavy atom. The fourth-order valence-electron chi connectivity index (χ4n) is 5.05. The van der Waals surface area contributed by atoms with Gasteiger partial charge in [-0.25, -0.2) is 18.3 Å². The molecule has 1 unspecified atom stereocenters. The summed E-state index contributed by atoms with van der Waals surface area (Å²) in [5.74, 6) is -0.662. The van der Waals surface area contributed by atoms with Crippen molar-refractivity contribution in [1.82, 2.24) is 14.6 Å². The Labute approximate surface area is 202 Å². The lowest BCUT2D eigenvalue weighted by Crippen LogP contribution is -2.25. The van der Waals surface area contributed by atoms with Crippen LogP contribution in [0.2, 0.25) is 0 Å². The van der Waals surface area contributed by atoms with Crippen LogP contribution in [-0.2, 0) is 9.47 Å². The Morgan fingerprint density at radius 2 is 2.11 bits per heavy atom. The topological polar surface area (TPSA) is 95.0 Å². The van der Waals surface area contributed by atoms with Crippen molar-refractivity contribution in [1.29, 1.82) is 0 Å². The number of nitrogens with zero attached hydrogens (tertiary/aromatic N) is 4. The van der Waals surface area contributed by atoms with E-state index in [2.05, 4.69) is 10.1 Å². The van der Waals surface area contributed by atoms with Crippen LogP contribution < -0.4 is 10.6 Å². The number of aromatic nitrogens is 3. The third-order valence-electron chi connectivity index (χ3n) is 6.73. The van der Waals surface area contributed by atoms with Gasteiger partial charge in [0.05, 0.1) is 24.4 Å². The number of anilines is 2. The number of hydrogen-bond donors (Lipinski definition) is 1. The maximum Gasteiger partial charge on any atom is 0.196 e. The number of carbonyl (C=O) groups is 1. The number of rotatable bonds is 7. The molecule has 0 aliphatic carbocycles. The highest BCUT2D eigenvalue weighted by atomic mass is 19.1. The summed E-state index contributed by atoms with van der Waals surface area (Å²) in [5.41, 5.74) is 6.67. The van der Waals surface area contributed by atoms with Gasteiger partial charge in [0, 0.05) is 18.3 Å². The van der Waals surface area contributed by atoms with Crippen LogP contribution in [0.3, 0.4) is 0 Å². The summed E-state index contributed by atoms with van der Waals surface area (Å²) in [6, 6.07) is 4.86. The van der Waals surface area contributed by atoms with Crippen LogP contribution in [-0.4, -0.2) is 51.8 Å². The SMILES string of the molecule is CC1(C)CCC(COCC(=O)c2c(N)nn3ccc(N4CCC[C@@H]4c4cc(F)ccc4F)nc23)O1. The second-order valence-electron chi connectivity index (χ2n) is 9.81. The Balaban J connectivity index is 1.36. The van der Waals surface area contributed by atoms with Crippen LogP contribution >= 0.6 is 0 Å². The molecule has 2 saturated heterocycles. The molecule has 0 bridgehead atoms. The molecule has 3 aromatic rings. The van der Waals surface area contributed by atoms with Gasteiger partial charge in [0.25, 0.3) is 0 Å². The molecule has 0 amide bonds. The molecule has 0 radical (unpaired) electrons. The van der Waals surface area contributed by atoms with Crippen LogP contribution in [0.15, 0.2) is 30.5 Å². The van der Waals surface area contributed by atoms with Crippen molar-refractivity contribution in [2.24, 2.45) is 0 Å². The molecule has 35 heavy (non-hydrogen) atoms. The first kappa shape index (κ1) is 23.6. The highest BCUT2D eigenvalue weighted by molar-refractivity contribution is 6.06. The summed E-state index contributed by atoms with van der Waals surface area (Å²) < 4.78 is 41.3. The molecular formula is C25H29F2N5O3. The van der Waals surface area contributed by atoms with Crippen molar-refractivity contribution in [3.8, 4) is 0 Å². The molecule has 10 heteroatoms. The lowest BCUT2D eigenvalue weighted by molar-refractivity contribution is -0.0503. The van der Waals surface area contributed by atoms with E-state index in [1.54, 1.807) is 12.3 Å². The molecular weight excluding hydrogens is 456 g/mol. The van der Waals surface area contributed by atoms with Crippen molar-refractivity contribution >= 4 is 23.1 Å². The minimum Gasteiger partial charge on any atom is -0.382 e. The molecule has 4 heterocycles. The minimum absolute atomic E-state index is 0.0425. The van der Waals surface area contributed by atoms with Gasteiger partial charge < -0.3 is 20.1 Å². The predicted octanol–water partition coefficient (Wildman–Crippen LogP) is 4.09. The highest BCUT2D eigenvalue weighted by Crippen LogP contribution is 2.37. The zero-order valence-corrected chi connectivity index (χ0v) is 19.8. The van der Waals surface area contributed by atoms with E-state index in [0.29, 0.717) is 36.6 Å². The molecule has 2 aromatic heterocycles. The smallest absolute Gasteiger partial charge is 0.196 e. The number of nitrogen functional groups attached to an aromatic ring is 1. The number of hydrogen-bond acceptors (Lipinski definition) is 7. The third kappa shape index (κ3) is 4.72. The summed E-state index contributed by atoms with van der Waals surface area (Å²) in [6.45, 7) is 4.85. The molecule has 2 N–H and O–H groups in total. The summed E-state index contributed by atoms with van der Waals surface area (Å²) in [5, 5.41) is 4.21. The molecule has 2 aliphatic rings. The van der Waals surface area contributed by atoms with Gasteiger partial charge in [-0.05, 0) is 63.8 Å². The molecule has 2 atom stereocenters. The maximum atomic E-state index is 14.5. The lowest BCUT2D eigenvalue weighted by Gasteiger charge is -2.26. The van der Waals surface area contributed by atoms with Gasteiger partial charge in [-0.3, -0.25) is 4.79 Å². The standard InChI is InChI=1S/C25H29F2N5O3/c1-25(2)9-7-16(35-25)13-34-14-20(33)22-23(28)30-32-11-8-21(29-24(22)32)31-10-3-4-19(31)17-12-15(26)5-6-18(17)27/h5-6,8,11-12,16,19H,3-4,7,9-10,13-14H2,1-2H3,(H2,28,30)/t16?,19-/m1/s1.